The number of carboxylic acids is 1. The minimum Gasteiger partial charge on any atom is -0.477 e. The summed E-state index contributed by atoms with van der Waals surface area (Å²) in [6.07, 6.45) is 0.234. The fourth-order valence-electron chi connectivity index (χ4n) is 0.865. The summed E-state index contributed by atoms with van der Waals surface area (Å²) in [5.41, 5.74) is -1.29. The first-order valence-corrected chi connectivity index (χ1v) is 3.23. The van der Waals surface area contributed by atoms with Crippen molar-refractivity contribution in [2.75, 3.05) is 0 Å². The minimum atomic E-state index is -1.70. The van der Waals surface area contributed by atoms with Crippen molar-refractivity contribution in [3.8, 4) is 0 Å². The Hall–Kier alpha value is -1.78. The number of hydrogen-bond donors (Lipinski definition) is 1. The first-order chi connectivity index (χ1) is 6.06. The fraction of sp³-hybridized carbons (Fsp3) is 0. The van der Waals surface area contributed by atoms with E-state index in [1.165, 1.54) is 0 Å². The highest BCUT2D eigenvalue weighted by molar-refractivity contribution is 5.89. The Kier molecular flexibility index (Phi) is 2.36. The molecule has 5 heteroatoms. The van der Waals surface area contributed by atoms with Gasteiger partial charge in [0.2, 0.25) is 0 Å². The Morgan fingerprint density at radius 3 is 2.08 bits per heavy atom. The Morgan fingerprint density at radius 2 is 1.77 bits per heavy atom. The van der Waals surface area contributed by atoms with Crippen molar-refractivity contribution in [3.05, 3.63) is 34.9 Å². The van der Waals surface area contributed by atoms with Gasteiger partial charge in [0.1, 0.15) is 23.5 Å². The molecule has 0 atom stereocenters. The van der Waals surface area contributed by atoms with E-state index in [0.717, 1.165) is 0 Å². The molecule has 0 aliphatic heterocycles. The SMILES string of the molecule is O=Cc1cc(F)c(C(=O)O)c(F)c1. The molecule has 1 rings (SSSR count). The van der Waals surface area contributed by atoms with Crippen molar-refractivity contribution in [3.63, 3.8) is 0 Å². The van der Waals surface area contributed by atoms with E-state index < -0.39 is 23.2 Å². The van der Waals surface area contributed by atoms with Gasteiger partial charge < -0.3 is 5.11 Å². The molecule has 1 aromatic carbocycles. The van der Waals surface area contributed by atoms with Gasteiger partial charge in [0, 0.05) is 5.56 Å². The molecule has 1 aromatic rings. The largest absolute Gasteiger partial charge is 0.477 e. The van der Waals surface area contributed by atoms with E-state index in [4.69, 9.17) is 5.11 Å². The number of aromatic carboxylic acids is 1. The summed E-state index contributed by atoms with van der Waals surface area (Å²) in [5.74, 6) is -4.21. The van der Waals surface area contributed by atoms with Crippen LogP contribution in [0.3, 0.4) is 0 Å². The summed E-state index contributed by atoms with van der Waals surface area (Å²) in [5, 5.41) is 8.34. The van der Waals surface area contributed by atoms with Crippen molar-refractivity contribution < 1.29 is 23.5 Å². The van der Waals surface area contributed by atoms with E-state index in [1.807, 2.05) is 0 Å². The molecule has 1 N–H and O–H groups in total. The third kappa shape index (κ3) is 1.69. The maximum Gasteiger partial charge on any atom is 0.341 e. The molecule has 0 bridgehead atoms. The average Bonchev–Trinajstić information content (AvgIpc) is 2.02. The number of hydrogen-bond acceptors (Lipinski definition) is 2. The lowest BCUT2D eigenvalue weighted by molar-refractivity contribution is 0.0686. The molecule has 0 aliphatic rings. The average molecular weight is 186 g/mol. The van der Waals surface area contributed by atoms with Gasteiger partial charge in [-0.2, -0.15) is 0 Å². The van der Waals surface area contributed by atoms with E-state index in [-0.39, 0.29) is 11.8 Å². The molecule has 0 spiro atoms. The van der Waals surface area contributed by atoms with Crippen LogP contribution in [0.15, 0.2) is 12.1 Å². The summed E-state index contributed by atoms with van der Waals surface area (Å²) < 4.78 is 25.5. The zero-order valence-corrected chi connectivity index (χ0v) is 6.25. The second-order valence-corrected chi connectivity index (χ2v) is 2.28. The molecule has 0 saturated carbocycles. The topological polar surface area (TPSA) is 54.4 Å². The second kappa shape index (κ2) is 3.30. The summed E-state index contributed by atoms with van der Waals surface area (Å²) in [4.78, 5) is 20.4. The number of carbonyl (C=O) groups excluding carboxylic acids is 1. The minimum absolute atomic E-state index is 0.234. The first-order valence-electron chi connectivity index (χ1n) is 3.23. The number of halogens is 2. The van der Waals surface area contributed by atoms with Gasteiger partial charge in [0.15, 0.2) is 0 Å². The van der Waals surface area contributed by atoms with Gasteiger partial charge in [-0.3, -0.25) is 4.79 Å². The molecular weight excluding hydrogens is 182 g/mol. The van der Waals surface area contributed by atoms with Crippen LogP contribution in [0, 0.1) is 11.6 Å². The maximum absolute atomic E-state index is 12.8. The Morgan fingerprint density at radius 1 is 1.31 bits per heavy atom. The normalized spacial score (nSPS) is 9.69. The molecule has 68 valence electrons. The molecule has 0 unspecified atom stereocenters. The predicted molar refractivity (Wildman–Crippen MR) is 38.7 cm³/mol. The van der Waals surface area contributed by atoms with Gasteiger partial charge in [0.25, 0.3) is 0 Å². The predicted octanol–water partition coefficient (Wildman–Crippen LogP) is 1.48. The molecule has 0 saturated heterocycles. The summed E-state index contributed by atoms with van der Waals surface area (Å²) in [6, 6.07) is 1.33. The zero-order chi connectivity index (χ0) is 10.0. The van der Waals surface area contributed by atoms with E-state index in [0.29, 0.717) is 12.1 Å². The smallest absolute Gasteiger partial charge is 0.341 e. The van der Waals surface area contributed by atoms with Crippen LogP contribution in [-0.4, -0.2) is 17.4 Å². The molecule has 0 aliphatic carbocycles. The standard InChI is InChI=1S/C8H4F2O3/c9-5-1-4(3-11)2-6(10)7(5)8(12)13/h1-3H,(H,12,13). The first kappa shape index (κ1) is 9.31. The van der Waals surface area contributed by atoms with Crippen LogP contribution in [0.4, 0.5) is 8.78 Å². The van der Waals surface area contributed by atoms with Crippen LogP contribution in [0.5, 0.6) is 0 Å². The van der Waals surface area contributed by atoms with Crippen molar-refractivity contribution in [1.82, 2.24) is 0 Å². The Balaban J connectivity index is 3.39. The number of carbonyl (C=O) groups is 2. The lowest BCUT2D eigenvalue weighted by Gasteiger charge is -1.99. The maximum atomic E-state index is 12.8. The van der Waals surface area contributed by atoms with Crippen LogP contribution in [0.1, 0.15) is 20.7 Å². The Labute approximate surface area is 71.6 Å². The summed E-state index contributed by atoms with van der Waals surface area (Å²) >= 11 is 0. The number of aldehydes is 1. The van der Waals surface area contributed by atoms with Gasteiger partial charge in [-0.05, 0) is 12.1 Å². The molecule has 0 fully saturated rings. The van der Waals surface area contributed by atoms with E-state index in [1.54, 1.807) is 0 Å². The number of benzene rings is 1. The summed E-state index contributed by atoms with van der Waals surface area (Å²) in [7, 11) is 0. The van der Waals surface area contributed by atoms with Crippen LogP contribution in [-0.2, 0) is 0 Å². The van der Waals surface area contributed by atoms with Gasteiger partial charge >= 0.3 is 5.97 Å². The van der Waals surface area contributed by atoms with E-state index in [9.17, 15) is 18.4 Å². The molecular formula is C8H4F2O3. The van der Waals surface area contributed by atoms with Crippen LogP contribution in [0.2, 0.25) is 0 Å². The van der Waals surface area contributed by atoms with Crippen molar-refractivity contribution in [2.24, 2.45) is 0 Å². The number of rotatable bonds is 2. The second-order valence-electron chi connectivity index (χ2n) is 2.28. The molecule has 0 amide bonds. The highest BCUT2D eigenvalue weighted by Crippen LogP contribution is 2.14. The molecule has 0 radical (unpaired) electrons. The third-order valence-corrected chi connectivity index (χ3v) is 1.41. The highest BCUT2D eigenvalue weighted by atomic mass is 19.1. The Bertz CT molecular complexity index is 351. The van der Waals surface area contributed by atoms with Gasteiger partial charge in [-0.1, -0.05) is 0 Å². The zero-order valence-electron chi connectivity index (χ0n) is 6.25. The van der Waals surface area contributed by atoms with Crippen LogP contribution < -0.4 is 0 Å². The monoisotopic (exact) mass is 186 g/mol. The lowest BCUT2D eigenvalue weighted by Crippen LogP contribution is -2.05. The highest BCUT2D eigenvalue weighted by Gasteiger charge is 2.17. The van der Waals surface area contributed by atoms with Gasteiger partial charge in [-0.25, -0.2) is 13.6 Å². The molecule has 13 heavy (non-hydrogen) atoms. The van der Waals surface area contributed by atoms with E-state index >= 15 is 0 Å². The van der Waals surface area contributed by atoms with E-state index in [2.05, 4.69) is 0 Å². The fourth-order valence-corrected chi connectivity index (χ4v) is 0.865. The number of carboxylic acid groups (broad SMARTS) is 1. The van der Waals surface area contributed by atoms with Crippen LogP contribution in [0.25, 0.3) is 0 Å². The third-order valence-electron chi connectivity index (χ3n) is 1.41. The molecule has 0 aromatic heterocycles. The van der Waals surface area contributed by atoms with Gasteiger partial charge in [0.05, 0.1) is 0 Å². The summed E-state index contributed by atoms with van der Waals surface area (Å²) in [6.45, 7) is 0. The van der Waals surface area contributed by atoms with Crippen molar-refractivity contribution in [2.45, 2.75) is 0 Å². The van der Waals surface area contributed by atoms with Gasteiger partial charge in [-0.15, -0.1) is 0 Å². The van der Waals surface area contributed by atoms with Crippen LogP contribution >= 0.6 is 0 Å². The molecule has 0 heterocycles. The quantitative estimate of drug-likeness (QED) is 0.711. The van der Waals surface area contributed by atoms with Crippen molar-refractivity contribution >= 4 is 12.3 Å². The van der Waals surface area contributed by atoms with Crippen molar-refractivity contribution in [1.29, 1.82) is 0 Å². The molecule has 3 nitrogen and oxygen atoms in total. The lowest BCUT2D eigenvalue weighted by atomic mass is 10.1.